The molecule has 5 nitrogen and oxygen atoms in total. The molecular formula is C18H30N2O3S2Si. The third kappa shape index (κ3) is 5.13. The number of thiazole rings is 1. The maximum Gasteiger partial charge on any atom is 0.268 e. The van der Waals surface area contributed by atoms with Gasteiger partial charge in [0.2, 0.25) is 4.34 Å². The molecule has 0 aliphatic heterocycles. The zero-order valence-electron chi connectivity index (χ0n) is 16.5. The van der Waals surface area contributed by atoms with Gasteiger partial charge in [-0.25, -0.2) is 18.1 Å². The summed E-state index contributed by atoms with van der Waals surface area (Å²) in [7, 11) is -5.58. The number of nitrogens with zero attached hydrogens (tertiary/aromatic N) is 1. The SMILES string of the molecule is CCC[C@@H](CO[Si](C)(C)C(C)(C)C)NS(=O)(=O)c1nc2ccccc2s1. The third-order valence-corrected chi connectivity index (χ3v) is 12.3. The van der Waals surface area contributed by atoms with Gasteiger partial charge in [0.1, 0.15) is 0 Å². The van der Waals surface area contributed by atoms with Gasteiger partial charge in [-0.15, -0.1) is 11.3 Å². The summed E-state index contributed by atoms with van der Waals surface area (Å²) in [5.74, 6) is 0. The Labute approximate surface area is 162 Å². The number of benzene rings is 1. The van der Waals surface area contributed by atoms with E-state index in [2.05, 4.69) is 43.6 Å². The fraction of sp³-hybridized carbons (Fsp3) is 0.611. The van der Waals surface area contributed by atoms with Crippen LogP contribution in [0, 0.1) is 0 Å². The van der Waals surface area contributed by atoms with Crippen LogP contribution in [-0.2, 0) is 14.4 Å². The molecule has 0 unspecified atom stereocenters. The van der Waals surface area contributed by atoms with Crippen LogP contribution in [0.2, 0.25) is 18.1 Å². The van der Waals surface area contributed by atoms with Crippen LogP contribution >= 0.6 is 11.3 Å². The molecule has 0 saturated carbocycles. The van der Waals surface area contributed by atoms with Gasteiger partial charge in [0.15, 0.2) is 8.32 Å². The summed E-state index contributed by atoms with van der Waals surface area (Å²) in [6.45, 7) is 13.3. The van der Waals surface area contributed by atoms with Gasteiger partial charge in [-0.1, -0.05) is 46.2 Å². The average Bonchev–Trinajstić information content (AvgIpc) is 2.96. The quantitative estimate of drug-likeness (QED) is 0.632. The van der Waals surface area contributed by atoms with Crippen molar-refractivity contribution in [2.24, 2.45) is 0 Å². The summed E-state index contributed by atoms with van der Waals surface area (Å²) in [4.78, 5) is 4.28. The monoisotopic (exact) mass is 414 g/mol. The van der Waals surface area contributed by atoms with E-state index in [0.717, 1.165) is 17.5 Å². The number of rotatable bonds is 8. The van der Waals surface area contributed by atoms with Crippen LogP contribution < -0.4 is 4.72 Å². The van der Waals surface area contributed by atoms with Crippen LogP contribution in [0.5, 0.6) is 0 Å². The van der Waals surface area contributed by atoms with E-state index in [1.165, 1.54) is 11.3 Å². The van der Waals surface area contributed by atoms with E-state index in [1.54, 1.807) is 0 Å². The largest absolute Gasteiger partial charge is 0.415 e. The summed E-state index contributed by atoms with van der Waals surface area (Å²) < 4.78 is 35.6. The Hall–Kier alpha value is -0.803. The van der Waals surface area contributed by atoms with E-state index in [-0.39, 0.29) is 15.4 Å². The molecule has 0 amide bonds. The normalized spacial score (nSPS) is 14.7. The van der Waals surface area contributed by atoms with Crippen LogP contribution in [0.4, 0.5) is 0 Å². The van der Waals surface area contributed by atoms with Crippen molar-refractivity contribution in [3.8, 4) is 0 Å². The van der Waals surface area contributed by atoms with Gasteiger partial charge in [0, 0.05) is 6.04 Å². The minimum Gasteiger partial charge on any atom is -0.415 e. The number of sulfonamides is 1. The fourth-order valence-corrected chi connectivity index (χ4v) is 5.83. The molecule has 0 bridgehead atoms. The lowest BCUT2D eigenvalue weighted by atomic mass is 10.2. The molecule has 0 fully saturated rings. The Morgan fingerprint density at radius 2 is 1.92 bits per heavy atom. The number of hydrogen-bond acceptors (Lipinski definition) is 5. The van der Waals surface area contributed by atoms with Crippen LogP contribution in [0.25, 0.3) is 10.2 Å². The van der Waals surface area contributed by atoms with Crippen LogP contribution in [0.3, 0.4) is 0 Å². The number of hydrogen-bond donors (Lipinski definition) is 1. The summed E-state index contributed by atoms with van der Waals surface area (Å²) in [5, 5.41) is 0.0929. The highest BCUT2D eigenvalue weighted by atomic mass is 32.2. The Morgan fingerprint density at radius 1 is 1.27 bits per heavy atom. The lowest BCUT2D eigenvalue weighted by molar-refractivity contribution is 0.248. The summed E-state index contributed by atoms with van der Waals surface area (Å²) >= 11 is 1.20. The lowest BCUT2D eigenvalue weighted by Crippen LogP contribution is -2.46. The molecule has 1 aromatic heterocycles. The predicted molar refractivity (Wildman–Crippen MR) is 112 cm³/mol. The average molecular weight is 415 g/mol. The van der Waals surface area contributed by atoms with E-state index in [4.69, 9.17) is 4.43 Å². The number of fused-ring (bicyclic) bond motifs is 1. The van der Waals surface area contributed by atoms with Crippen molar-refractivity contribution in [2.75, 3.05) is 6.61 Å². The molecule has 1 N–H and O–H groups in total. The van der Waals surface area contributed by atoms with Gasteiger partial charge >= 0.3 is 0 Å². The second-order valence-electron chi connectivity index (χ2n) is 8.13. The van der Waals surface area contributed by atoms with E-state index in [9.17, 15) is 8.42 Å². The fourth-order valence-electron chi connectivity index (χ4n) is 2.29. The predicted octanol–water partition coefficient (Wildman–Crippen LogP) is 4.77. The van der Waals surface area contributed by atoms with E-state index >= 15 is 0 Å². The first-order valence-corrected chi connectivity index (χ1v) is 14.2. The topological polar surface area (TPSA) is 68.3 Å². The molecule has 1 atom stereocenters. The van der Waals surface area contributed by atoms with Crippen molar-refractivity contribution in [2.45, 2.75) is 69.1 Å². The first-order chi connectivity index (χ1) is 12.0. The van der Waals surface area contributed by atoms with Crippen molar-refractivity contribution < 1.29 is 12.8 Å². The molecule has 2 aromatic rings. The smallest absolute Gasteiger partial charge is 0.268 e. The maximum atomic E-state index is 12.8. The number of aromatic nitrogens is 1. The van der Waals surface area contributed by atoms with E-state index in [0.29, 0.717) is 12.1 Å². The Bertz CT molecular complexity index is 808. The molecule has 0 aliphatic carbocycles. The second-order valence-corrected chi connectivity index (χ2v) is 15.9. The van der Waals surface area contributed by atoms with Gasteiger partial charge in [-0.3, -0.25) is 0 Å². The van der Waals surface area contributed by atoms with Gasteiger partial charge in [-0.05, 0) is 36.7 Å². The Morgan fingerprint density at radius 3 is 2.50 bits per heavy atom. The summed E-state index contributed by atoms with van der Waals surface area (Å²) in [6.07, 6.45) is 1.62. The van der Waals surface area contributed by atoms with Gasteiger partial charge in [0.25, 0.3) is 10.0 Å². The first kappa shape index (κ1) is 21.5. The number of para-hydroxylation sites is 1. The molecule has 146 valence electrons. The minimum atomic E-state index is -3.65. The maximum absolute atomic E-state index is 12.8. The molecule has 2 rings (SSSR count). The highest BCUT2D eigenvalue weighted by molar-refractivity contribution is 7.91. The van der Waals surface area contributed by atoms with Crippen molar-refractivity contribution >= 4 is 39.9 Å². The van der Waals surface area contributed by atoms with E-state index < -0.39 is 18.3 Å². The molecule has 1 heterocycles. The second kappa shape index (κ2) is 8.06. The van der Waals surface area contributed by atoms with Crippen molar-refractivity contribution in [3.05, 3.63) is 24.3 Å². The Kier molecular flexibility index (Phi) is 6.66. The van der Waals surface area contributed by atoms with E-state index in [1.807, 2.05) is 31.2 Å². The van der Waals surface area contributed by atoms with Crippen LogP contribution in [-0.4, -0.2) is 34.4 Å². The molecular weight excluding hydrogens is 384 g/mol. The number of nitrogens with one attached hydrogen (secondary N) is 1. The highest BCUT2D eigenvalue weighted by Gasteiger charge is 2.38. The van der Waals surface area contributed by atoms with Gasteiger partial charge in [-0.2, -0.15) is 0 Å². The minimum absolute atomic E-state index is 0.0929. The molecule has 26 heavy (non-hydrogen) atoms. The van der Waals surface area contributed by atoms with Gasteiger partial charge in [0.05, 0.1) is 16.8 Å². The van der Waals surface area contributed by atoms with Crippen molar-refractivity contribution in [3.63, 3.8) is 0 Å². The molecule has 8 heteroatoms. The highest BCUT2D eigenvalue weighted by Crippen LogP contribution is 2.36. The van der Waals surface area contributed by atoms with Crippen LogP contribution in [0.15, 0.2) is 28.6 Å². The summed E-state index contributed by atoms with van der Waals surface area (Å²) in [6, 6.07) is 7.22. The Balaban J connectivity index is 2.15. The standard InChI is InChI=1S/C18H30N2O3S2Si/c1-7-10-14(13-23-26(5,6)18(2,3)4)20-25(21,22)17-19-15-11-8-9-12-16(15)24-17/h8-9,11-12,14,20H,7,10,13H2,1-6H3/t14-/m0/s1. The lowest BCUT2D eigenvalue weighted by Gasteiger charge is -2.37. The first-order valence-electron chi connectivity index (χ1n) is 8.98. The van der Waals surface area contributed by atoms with Crippen molar-refractivity contribution in [1.29, 1.82) is 0 Å². The van der Waals surface area contributed by atoms with Gasteiger partial charge < -0.3 is 4.43 Å². The molecule has 0 radical (unpaired) electrons. The zero-order chi connectivity index (χ0) is 19.6. The molecule has 0 aliphatic rings. The summed E-state index contributed by atoms with van der Waals surface area (Å²) in [5.41, 5.74) is 0.711. The van der Waals surface area contributed by atoms with Crippen LogP contribution in [0.1, 0.15) is 40.5 Å². The third-order valence-electron chi connectivity index (χ3n) is 4.91. The zero-order valence-corrected chi connectivity index (χ0v) is 19.1. The van der Waals surface area contributed by atoms with Crippen molar-refractivity contribution in [1.82, 2.24) is 9.71 Å². The molecule has 0 spiro atoms. The molecule has 1 aromatic carbocycles. The molecule has 0 saturated heterocycles.